The number of primary amides is 1. The van der Waals surface area contributed by atoms with Gasteiger partial charge in [-0.05, 0) is 37.1 Å². The van der Waals surface area contributed by atoms with E-state index < -0.39 is 5.91 Å². The van der Waals surface area contributed by atoms with Crippen molar-refractivity contribution < 1.29 is 14.0 Å². The molecule has 0 bridgehead atoms. The van der Waals surface area contributed by atoms with Gasteiger partial charge in [-0.1, -0.05) is 42.5 Å². The van der Waals surface area contributed by atoms with Crippen LogP contribution in [0.15, 0.2) is 54.6 Å². The Balaban J connectivity index is 2.48. The molecule has 0 atom stereocenters. The number of aromatic nitrogens is 1. The molecule has 0 saturated heterocycles. The van der Waals surface area contributed by atoms with E-state index >= 15 is 0 Å². The lowest BCUT2D eigenvalue weighted by atomic mass is 9.95. The first-order valence-corrected chi connectivity index (χ1v) is 8.30. The zero-order valence-corrected chi connectivity index (χ0v) is 14.6. The van der Waals surface area contributed by atoms with Gasteiger partial charge in [0.2, 0.25) is 0 Å². The lowest BCUT2D eigenvalue weighted by Crippen LogP contribution is -2.20. The lowest BCUT2D eigenvalue weighted by Gasteiger charge is -2.13. The summed E-state index contributed by atoms with van der Waals surface area (Å²) >= 11 is 0. The molecular formula is C21H19FN2O2. The highest BCUT2D eigenvalue weighted by Gasteiger charge is 2.28. The quantitative estimate of drug-likeness (QED) is 0.691. The van der Waals surface area contributed by atoms with Gasteiger partial charge in [0.05, 0.1) is 5.69 Å². The minimum Gasteiger partial charge on any atom is -0.364 e. The van der Waals surface area contributed by atoms with E-state index in [0.29, 0.717) is 22.4 Å². The number of rotatable bonds is 5. The van der Waals surface area contributed by atoms with Crippen molar-refractivity contribution in [2.75, 3.05) is 0 Å². The maximum atomic E-state index is 13.4. The Hall–Kier alpha value is -3.21. The van der Waals surface area contributed by atoms with Crippen LogP contribution in [0.2, 0.25) is 0 Å². The zero-order valence-electron chi connectivity index (χ0n) is 14.6. The molecule has 132 valence electrons. The number of carbonyl (C=O) groups is 2. The molecule has 0 saturated carbocycles. The normalized spacial score (nSPS) is 10.9. The lowest BCUT2D eigenvalue weighted by molar-refractivity contribution is 0.0990. The molecule has 1 aromatic heterocycles. The number of amides is 1. The van der Waals surface area contributed by atoms with Gasteiger partial charge in [-0.15, -0.1) is 0 Å². The largest absolute Gasteiger partial charge is 0.364 e. The fraction of sp³-hybridized carbons (Fsp3) is 0.143. The van der Waals surface area contributed by atoms with E-state index in [9.17, 15) is 14.0 Å². The molecule has 0 spiro atoms. The van der Waals surface area contributed by atoms with E-state index in [2.05, 4.69) is 0 Å². The molecule has 4 nitrogen and oxygen atoms in total. The number of hydrogen-bond donors (Lipinski definition) is 1. The van der Waals surface area contributed by atoms with E-state index in [0.717, 1.165) is 11.8 Å². The van der Waals surface area contributed by atoms with Crippen LogP contribution in [0.4, 0.5) is 4.39 Å². The molecule has 3 aromatic rings. The highest BCUT2D eigenvalue weighted by molar-refractivity contribution is 6.07. The van der Waals surface area contributed by atoms with E-state index in [1.807, 2.05) is 44.2 Å². The summed E-state index contributed by atoms with van der Waals surface area (Å²) in [4.78, 5) is 24.3. The molecule has 0 fully saturated rings. The van der Waals surface area contributed by atoms with Crippen molar-refractivity contribution in [2.45, 2.75) is 19.9 Å². The van der Waals surface area contributed by atoms with Gasteiger partial charge in [-0.25, -0.2) is 4.39 Å². The summed E-state index contributed by atoms with van der Waals surface area (Å²) in [7, 11) is 0. The monoisotopic (exact) mass is 350 g/mol. The SMILES string of the molecule is CC(C)n1c(C=O)c(-c2ccc(F)cc2)c(-c2ccccc2)c1C(N)=O. The summed E-state index contributed by atoms with van der Waals surface area (Å²) in [6.45, 7) is 3.76. The first kappa shape index (κ1) is 17.6. The fourth-order valence-corrected chi connectivity index (χ4v) is 3.30. The van der Waals surface area contributed by atoms with Gasteiger partial charge < -0.3 is 10.3 Å². The summed E-state index contributed by atoms with van der Waals surface area (Å²) in [5, 5.41) is 0. The van der Waals surface area contributed by atoms with E-state index in [1.54, 1.807) is 16.7 Å². The number of benzene rings is 2. The summed E-state index contributed by atoms with van der Waals surface area (Å²) in [5.41, 5.74) is 8.89. The van der Waals surface area contributed by atoms with Crippen molar-refractivity contribution in [1.82, 2.24) is 4.57 Å². The van der Waals surface area contributed by atoms with Crippen LogP contribution in [0, 0.1) is 5.82 Å². The number of nitrogens with zero attached hydrogens (tertiary/aromatic N) is 1. The minimum atomic E-state index is -0.617. The molecule has 0 unspecified atom stereocenters. The molecule has 1 heterocycles. The van der Waals surface area contributed by atoms with Crippen LogP contribution in [0.5, 0.6) is 0 Å². The molecule has 0 radical (unpaired) electrons. The third-order valence-electron chi connectivity index (χ3n) is 4.30. The van der Waals surface area contributed by atoms with E-state index in [-0.39, 0.29) is 17.6 Å². The molecule has 2 N–H and O–H groups in total. The summed E-state index contributed by atoms with van der Waals surface area (Å²) in [6, 6.07) is 15.0. The maximum Gasteiger partial charge on any atom is 0.266 e. The second-order valence-corrected chi connectivity index (χ2v) is 6.30. The Morgan fingerprint density at radius 2 is 1.58 bits per heavy atom. The van der Waals surface area contributed by atoms with Crippen molar-refractivity contribution in [3.8, 4) is 22.3 Å². The van der Waals surface area contributed by atoms with Crippen LogP contribution in [0.25, 0.3) is 22.3 Å². The van der Waals surface area contributed by atoms with Crippen LogP contribution in [0.3, 0.4) is 0 Å². The highest BCUT2D eigenvalue weighted by atomic mass is 19.1. The third kappa shape index (κ3) is 2.92. The highest BCUT2D eigenvalue weighted by Crippen LogP contribution is 2.40. The Labute approximate surface area is 151 Å². The van der Waals surface area contributed by atoms with E-state index in [1.165, 1.54) is 12.1 Å². The first-order valence-electron chi connectivity index (χ1n) is 8.30. The first-order chi connectivity index (χ1) is 12.5. The molecule has 0 aliphatic heterocycles. The number of nitrogens with two attached hydrogens (primary N) is 1. The van der Waals surface area contributed by atoms with Gasteiger partial charge in [0, 0.05) is 17.2 Å². The molecule has 5 heteroatoms. The predicted octanol–water partition coefficient (Wildman–Crippen LogP) is 4.45. The number of hydrogen-bond acceptors (Lipinski definition) is 2. The zero-order chi connectivity index (χ0) is 18.8. The van der Waals surface area contributed by atoms with Gasteiger partial charge in [0.1, 0.15) is 11.5 Å². The topological polar surface area (TPSA) is 65.1 Å². The average molecular weight is 350 g/mol. The van der Waals surface area contributed by atoms with Gasteiger partial charge in [0.15, 0.2) is 6.29 Å². The Bertz CT molecular complexity index is 958. The van der Waals surface area contributed by atoms with Crippen LogP contribution < -0.4 is 5.73 Å². The molecule has 26 heavy (non-hydrogen) atoms. The smallest absolute Gasteiger partial charge is 0.266 e. The summed E-state index contributed by atoms with van der Waals surface area (Å²) in [6.07, 6.45) is 0.720. The van der Waals surface area contributed by atoms with Crippen molar-refractivity contribution in [2.24, 2.45) is 5.73 Å². The van der Waals surface area contributed by atoms with Crippen molar-refractivity contribution >= 4 is 12.2 Å². The molecule has 2 aromatic carbocycles. The second kappa shape index (κ2) is 6.96. The number of halogens is 1. The Morgan fingerprint density at radius 1 is 1.00 bits per heavy atom. The summed E-state index contributed by atoms with van der Waals surface area (Å²) in [5.74, 6) is -0.991. The predicted molar refractivity (Wildman–Crippen MR) is 99.6 cm³/mol. The third-order valence-corrected chi connectivity index (χ3v) is 4.30. The molecule has 3 rings (SSSR count). The Morgan fingerprint density at radius 3 is 2.08 bits per heavy atom. The summed E-state index contributed by atoms with van der Waals surface area (Å²) < 4.78 is 15.0. The fourth-order valence-electron chi connectivity index (χ4n) is 3.30. The Kier molecular flexibility index (Phi) is 4.71. The average Bonchev–Trinajstić information content (AvgIpc) is 2.98. The van der Waals surface area contributed by atoms with Gasteiger partial charge >= 0.3 is 0 Å². The van der Waals surface area contributed by atoms with Crippen molar-refractivity contribution in [1.29, 1.82) is 0 Å². The van der Waals surface area contributed by atoms with Crippen LogP contribution in [-0.4, -0.2) is 16.8 Å². The standard InChI is InChI=1S/C21H19FN2O2/c1-13(2)24-17(12-25)18(15-8-10-16(22)11-9-15)19(20(24)21(23)26)14-6-4-3-5-7-14/h3-13H,1-2H3,(H2,23,26). The van der Waals surface area contributed by atoms with E-state index in [4.69, 9.17) is 5.73 Å². The molecule has 0 aliphatic rings. The van der Waals surface area contributed by atoms with Crippen LogP contribution in [0.1, 0.15) is 40.9 Å². The van der Waals surface area contributed by atoms with Gasteiger partial charge in [-0.2, -0.15) is 0 Å². The number of carbonyl (C=O) groups excluding carboxylic acids is 2. The number of aldehydes is 1. The van der Waals surface area contributed by atoms with Gasteiger partial charge in [-0.3, -0.25) is 9.59 Å². The molecule has 1 amide bonds. The molecule has 0 aliphatic carbocycles. The minimum absolute atomic E-state index is 0.158. The van der Waals surface area contributed by atoms with Crippen molar-refractivity contribution in [3.63, 3.8) is 0 Å². The van der Waals surface area contributed by atoms with Crippen LogP contribution >= 0.6 is 0 Å². The second-order valence-electron chi connectivity index (χ2n) is 6.30. The van der Waals surface area contributed by atoms with Gasteiger partial charge in [0.25, 0.3) is 5.91 Å². The maximum absolute atomic E-state index is 13.4. The molecular weight excluding hydrogens is 331 g/mol. The van der Waals surface area contributed by atoms with Crippen LogP contribution in [-0.2, 0) is 0 Å². The van der Waals surface area contributed by atoms with Crippen molar-refractivity contribution in [3.05, 3.63) is 71.8 Å².